The molecule has 25 heavy (non-hydrogen) atoms. The Morgan fingerprint density at radius 2 is 1.92 bits per heavy atom. The molecule has 0 amide bonds. The van der Waals surface area contributed by atoms with Crippen LogP contribution in [0.4, 0.5) is 0 Å². The van der Waals surface area contributed by atoms with Gasteiger partial charge in [-0.3, -0.25) is 4.90 Å². The van der Waals surface area contributed by atoms with Crippen molar-refractivity contribution in [3.63, 3.8) is 0 Å². The second kappa shape index (κ2) is 8.74. The molecule has 0 saturated carbocycles. The molecule has 0 bridgehead atoms. The standard InChI is InChI=1S/C15H24N4O3S3/c20-25(21,14-2-1-13-24-14)19-7-5-18(6-8-19)15(23)16-3-4-17-9-11-22-12-10-17/h1-2,13H,3-12H2,(H,16,23). The lowest BCUT2D eigenvalue weighted by molar-refractivity contribution is 0.0388. The van der Waals surface area contributed by atoms with Crippen LogP contribution in [0.1, 0.15) is 0 Å². The monoisotopic (exact) mass is 404 g/mol. The molecule has 2 fully saturated rings. The number of rotatable bonds is 5. The highest BCUT2D eigenvalue weighted by atomic mass is 32.2. The Morgan fingerprint density at radius 1 is 1.20 bits per heavy atom. The molecule has 2 aliphatic rings. The van der Waals surface area contributed by atoms with E-state index in [2.05, 4.69) is 15.1 Å². The van der Waals surface area contributed by atoms with Gasteiger partial charge in [-0.05, 0) is 23.7 Å². The van der Waals surface area contributed by atoms with Gasteiger partial charge < -0.3 is 15.0 Å². The van der Waals surface area contributed by atoms with Gasteiger partial charge in [-0.2, -0.15) is 4.31 Å². The van der Waals surface area contributed by atoms with Crippen LogP contribution >= 0.6 is 23.6 Å². The number of hydrogen-bond acceptors (Lipinski definition) is 6. The number of ether oxygens (including phenoxy) is 1. The number of morpholine rings is 1. The fourth-order valence-electron chi connectivity index (χ4n) is 2.93. The fourth-order valence-corrected chi connectivity index (χ4v) is 5.78. The van der Waals surface area contributed by atoms with E-state index in [9.17, 15) is 8.42 Å². The number of thiophene rings is 1. The number of nitrogens with zero attached hydrogens (tertiary/aromatic N) is 3. The first-order chi connectivity index (χ1) is 12.1. The molecule has 1 aromatic rings. The molecule has 0 radical (unpaired) electrons. The lowest BCUT2D eigenvalue weighted by Crippen LogP contribution is -2.53. The van der Waals surface area contributed by atoms with Crippen molar-refractivity contribution in [1.82, 2.24) is 19.4 Å². The van der Waals surface area contributed by atoms with Gasteiger partial charge in [-0.1, -0.05) is 6.07 Å². The molecular formula is C15H24N4O3S3. The highest BCUT2D eigenvalue weighted by Gasteiger charge is 2.29. The Kier molecular flexibility index (Phi) is 6.64. The Bertz CT molecular complexity index is 652. The zero-order valence-electron chi connectivity index (χ0n) is 14.1. The van der Waals surface area contributed by atoms with Crippen LogP contribution in [0, 0.1) is 0 Å². The van der Waals surface area contributed by atoms with Crippen LogP contribution in [0.25, 0.3) is 0 Å². The lowest BCUT2D eigenvalue weighted by Gasteiger charge is -2.35. The van der Waals surface area contributed by atoms with E-state index in [0.29, 0.717) is 35.5 Å². The van der Waals surface area contributed by atoms with Crippen LogP contribution in [0.2, 0.25) is 0 Å². The quantitative estimate of drug-likeness (QED) is 0.707. The molecule has 0 aromatic carbocycles. The Hall–Kier alpha value is -0.780. The molecule has 1 N–H and O–H groups in total. The van der Waals surface area contributed by atoms with Crippen molar-refractivity contribution in [2.45, 2.75) is 4.21 Å². The number of nitrogens with one attached hydrogen (secondary N) is 1. The van der Waals surface area contributed by atoms with Crippen molar-refractivity contribution in [1.29, 1.82) is 0 Å². The highest BCUT2D eigenvalue weighted by Crippen LogP contribution is 2.21. The van der Waals surface area contributed by atoms with Crippen LogP contribution < -0.4 is 5.32 Å². The van der Waals surface area contributed by atoms with Gasteiger partial charge in [0.05, 0.1) is 13.2 Å². The molecule has 0 aliphatic carbocycles. The predicted molar refractivity (Wildman–Crippen MR) is 103 cm³/mol. The first kappa shape index (κ1) is 19.0. The van der Waals surface area contributed by atoms with Gasteiger partial charge in [0.2, 0.25) is 0 Å². The maximum Gasteiger partial charge on any atom is 0.252 e. The van der Waals surface area contributed by atoms with E-state index in [-0.39, 0.29) is 0 Å². The van der Waals surface area contributed by atoms with Crippen LogP contribution in [-0.2, 0) is 14.8 Å². The molecule has 0 atom stereocenters. The third-order valence-corrected chi connectivity index (χ3v) is 8.10. The van der Waals surface area contributed by atoms with Crippen LogP contribution in [0.15, 0.2) is 21.7 Å². The fraction of sp³-hybridized carbons (Fsp3) is 0.667. The highest BCUT2D eigenvalue weighted by molar-refractivity contribution is 7.91. The second-order valence-corrected chi connectivity index (χ2v) is 9.51. The molecular weight excluding hydrogens is 380 g/mol. The van der Waals surface area contributed by atoms with Crippen molar-refractivity contribution in [2.24, 2.45) is 0 Å². The minimum atomic E-state index is -3.36. The number of sulfonamides is 1. The van der Waals surface area contributed by atoms with E-state index in [0.717, 1.165) is 39.4 Å². The molecule has 140 valence electrons. The largest absolute Gasteiger partial charge is 0.379 e. The van der Waals surface area contributed by atoms with E-state index in [4.69, 9.17) is 17.0 Å². The van der Waals surface area contributed by atoms with Crippen molar-refractivity contribution >= 4 is 38.7 Å². The summed E-state index contributed by atoms with van der Waals surface area (Å²) in [6.07, 6.45) is 0. The van der Waals surface area contributed by atoms with Gasteiger partial charge in [-0.25, -0.2) is 8.42 Å². The zero-order chi connectivity index (χ0) is 17.7. The minimum absolute atomic E-state index is 0.409. The summed E-state index contributed by atoms with van der Waals surface area (Å²) < 4.78 is 32.3. The van der Waals surface area contributed by atoms with E-state index < -0.39 is 10.0 Å². The third-order valence-electron chi connectivity index (χ3n) is 4.42. The smallest absolute Gasteiger partial charge is 0.252 e. The molecule has 7 nitrogen and oxygen atoms in total. The first-order valence-corrected chi connectivity index (χ1v) is 11.2. The summed E-state index contributed by atoms with van der Waals surface area (Å²) in [6.45, 7) is 7.43. The summed E-state index contributed by atoms with van der Waals surface area (Å²) in [4.78, 5) is 4.40. The maximum absolute atomic E-state index is 12.5. The molecule has 10 heteroatoms. The molecule has 2 saturated heterocycles. The Balaban J connectivity index is 1.41. The summed E-state index contributed by atoms with van der Waals surface area (Å²) in [5.74, 6) is 0. The molecule has 3 rings (SSSR count). The van der Waals surface area contributed by atoms with Crippen molar-refractivity contribution in [3.8, 4) is 0 Å². The maximum atomic E-state index is 12.5. The number of thiocarbonyl (C=S) groups is 1. The molecule has 0 spiro atoms. The molecule has 1 aromatic heterocycles. The van der Waals surface area contributed by atoms with Gasteiger partial charge in [0.25, 0.3) is 10.0 Å². The van der Waals surface area contributed by atoms with Crippen LogP contribution in [0.5, 0.6) is 0 Å². The Labute approximate surface area is 158 Å². The predicted octanol–water partition coefficient (Wildman–Crippen LogP) is 0.261. The van der Waals surface area contributed by atoms with Gasteiger partial charge in [-0.15, -0.1) is 11.3 Å². The van der Waals surface area contributed by atoms with Gasteiger partial charge in [0, 0.05) is 52.4 Å². The first-order valence-electron chi connectivity index (χ1n) is 8.44. The zero-order valence-corrected chi connectivity index (χ0v) is 16.5. The number of piperazine rings is 1. The van der Waals surface area contributed by atoms with Gasteiger partial charge >= 0.3 is 0 Å². The summed E-state index contributed by atoms with van der Waals surface area (Å²) in [7, 11) is -3.36. The van der Waals surface area contributed by atoms with E-state index in [1.165, 1.54) is 11.3 Å². The Morgan fingerprint density at radius 3 is 2.56 bits per heavy atom. The van der Waals surface area contributed by atoms with E-state index in [1.54, 1.807) is 21.8 Å². The van der Waals surface area contributed by atoms with Crippen molar-refractivity contribution in [3.05, 3.63) is 17.5 Å². The summed E-state index contributed by atoms with van der Waals surface area (Å²) in [6, 6.07) is 3.42. The number of hydrogen-bond donors (Lipinski definition) is 1. The summed E-state index contributed by atoms with van der Waals surface area (Å²) in [5.41, 5.74) is 0. The normalized spacial score (nSPS) is 20.6. The van der Waals surface area contributed by atoms with E-state index in [1.807, 2.05) is 0 Å². The van der Waals surface area contributed by atoms with Crippen LogP contribution in [0.3, 0.4) is 0 Å². The average molecular weight is 405 g/mol. The lowest BCUT2D eigenvalue weighted by atomic mass is 10.4. The molecule has 3 heterocycles. The van der Waals surface area contributed by atoms with Gasteiger partial charge in [0.15, 0.2) is 5.11 Å². The van der Waals surface area contributed by atoms with E-state index >= 15 is 0 Å². The second-order valence-electron chi connectivity index (χ2n) is 6.01. The van der Waals surface area contributed by atoms with Crippen LogP contribution in [-0.4, -0.2) is 93.2 Å². The molecule has 0 unspecified atom stereocenters. The topological polar surface area (TPSA) is 65.1 Å². The van der Waals surface area contributed by atoms with Gasteiger partial charge in [0.1, 0.15) is 4.21 Å². The summed E-state index contributed by atoms with van der Waals surface area (Å²) in [5, 5.41) is 5.79. The third kappa shape index (κ3) is 4.89. The van der Waals surface area contributed by atoms with Crippen molar-refractivity contribution in [2.75, 3.05) is 65.6 Å². The average Bonchev–Trinajstić information content (AvgIpc) is 3.18. The SMILES string of the molecule is O=S(=O)(c1cccs1)N1CCN(C(=S)NCCN2CCOCC2)CC1. The van der Waals surface area contributed by atoms with Crippen molar-refractivity contribution < 1.29 is 13.2 Å². The minimum Gasteiger partial charge on any atom is -0.379 e. The molecule has 2 aliphatic heterocycles. The summed E-state index contributed by atoms with van der Waals surface area (Å²) >= 11 is 6.72.